The van der Waals surface area contributed by atoms with Gasteiger partial charge in [-0.2, -0.15) is 0 Å². The molecule has 0 atom stereocenters. The van der Waals surface area contributed by atoms with E-state index in [0.29, 0.717) is 29.4 Å². The minimum absolute atomic E-state index is 0.0466. The number of pyridine rings is 1. The molecule has 10 heteroatoms. The molecule has 150 valence electrons. The maximum atomic E-state index is 13.0. The van der Waals surface area contributed by atoms with Gasteiger partial charge in [-0.1, -0.05) is 0 Å². The topological polar surface area (TPSA) is 138 Å². The molecule has 0 bridgehead atoms. The van der Waals surface area contributed by atoms with Crippen molar-refractivity contribution in [1.29, 1.82) is 0 Å². The molecule has 0 saturated heterocycles. The van der Waals surface area contributed by atoms with E-state index in [1.807, 2.05) is 0 Å². The highest BCUT2D eigenvalue weighted by Crippen LogP contribution is 2.35. The minimum Gasteiger partial charge on any atom is -0.492 e. The van der Waals surface area contributed by atoms with E-state index in [1.165, 1.54) is 24.1 Å². The number of carbonyl (C=O) groups is 2. The van der Waals surface area contributed by atoms with E-state index < -0.39 is 5.91 Å². The summed E-state index contributed by atoms with van der Waals surface area (Å²) in [7, 11) is 1.43. The lowest BCUT2D eigenvalue weighted by Gasteiger charge is -2.16. The summed E-state index contributed by atoms with van der Waals surface area (Å²) >= 11 is 0. The second kappa shape index (κ2) is 8.38. The first-order valence-electron chi connectivity index (χ1n) is 8.70. The van der Waals surface area contributed by atoms with Crippen LogP contribution >= 0.6 is 0 Å². The van der Waals surface area contributed by atoms with Gasteiger partial charge in [-0.05, 0) is 25.1 Å². The summed E-state index contributed by atoms with van der Waals surface area (Å²) in [5, 5.41) is 3.52. The van der Waals surface area contributed by atoms with Crippen LogP contribution < -0.4 is 26.1 Å². The number of nitrogen functional groups attached to an aromatic ring is 1. The first-order valence-corrected chi connectivity index (χ1v) is 8.70. The fraction of sp³-hybridized carbons (Fsp3) is 0.211. The SMILES string of the molecule is CCn1c(NC(=O)c2cnc(N)nc2)cc2c(OC)c(OCC=O)ccc2c1=O. The van der Waals surface area contributed by atoms with Crippen molar-refractivity contribution in [1.82, 2.24) is 14.5 Å². The van der Waals surface area contributed by atoms with Gasteiger partial charge in [0.05, 0.1) is 18.1 Å². The van der Waals surface area contributed by atoms with E-state index in [9.17, 15) is 14.4 Å². The Labute approximate surface area is 165 Å². The average molecular weight is 397 g/mol. The molecular weight excluding hydrogens is 378 g/mol. The molecule has 2 aromatic heterocycles. The van der Waals surface area contributed by atoms with Crippen molar-refractivity contribution in [2.45, 2.75) is 13.5 Å². The lowest BCUT2D eigenvalue weighted by atomic mass is 10.1. The standard InChI is InChI=1S/C19H19N5O5/c1-3-24-15(23-17(26)11-9-21-19(20)22-10-11)8-13-12(18(24)27)4-5-14(16(13)28-2)29-7-6-25/h4-6,8-10H,3,7H2,1-2H3,(H,23,26)(H2,20,21,22). The van der Waals surface area contributed by atoms with E-state index >= 15 is 0 Å². The number of amides is 1. The van der Waals surface area contributed by atoms with Crippen molar-refractivity contribution >= 4 is 34.7 Å². The first-order chi connectivity index (χ1) is 14.0. The predicted octanol–water partition coefficient (Wildman–Crippen LogP) is 1.23. The van der Waals surface area contributed by atoms with Crippen LogP contribution in [0, 0.1) is 0 Å². The van der Waals surface area contributed by atoms with Crippen LogP contribution in [0.2, 0.25) is 0 Å². The van der Waals surface area contributed by atoms with Gasteiger partial charge in [-0.3, -0.25) is 19.0 Å². The Kier molecular flexibility index (Phi) is 5.72. The van der Waals surface area contributed by atoms with Gasteiger partial charge in [0.1, 0.15) is 12.4 Å². The number of hydrogen-bond donors (Lipinski definition) is 2. The van der Waals surface area contributed by atoms with Crippen molar-refractivity contribution < 1.29 is 19.1 Å². The van der Waals surface area contributed by atoms with E-state index in [1.54, 1.807) is 25.1 Å². The Balaban J connectivity index is 2.12. The number of hydrogen-bond acceptors (Lipinski definition) is 8. The van der Waals surface area contributed by atoms with E-state index in [4.69, 9.17) is 15.2 Å². The molecule has 0 aliphatic rings. The molecule has 3 aromatic rings. The highest BCUT2D eigenvalue weighted by molar-refractivity contribution is 6.04. The van der Waals surface area contributed by atoms with Crippen LogP contribution in [0.15, 0.2) is 35.4 Å². The zero-order valence-electron chi connectivity index (χ0n) is 15.8. The summed E-state index contributed by atoms with van der Waals surface area (Å²) in [5.41, 5.74) is 5.31. The molecule has 10 nitrogen and oxygen atoms in total. The van der Waals surface area contributed by atoms with Gasteiger partial charge in [-0.25, -0.2) is 9.97 Å². The van der Waals surface area contributed by atoms with Crippen molar-refractivity contribution in [3.63, 3.8) is 0 Å². The Hall–Kier alpha value is -3.95. The molecule has 0 spiro atoms. The maximum absolute atomic E-state index is 13.0. The van der Waals surface area contributed by atoms with Crippen LogP contribution in [-0.4, -0.2) is 40.4 Å². The second-order valence-corrected chi connectivity index (χ2v) is 5.90. The molecule has 1 aromatic carbocycles. The van der Waals surface area contributed by atoms with E-state index in [0.717, 1.165) is 0 Å². The molecule has 3 N–H and O–H groups in total. The predicted molar refractivity (Wildman–Crippen MR) is 106 cm³/mol. The summed E-state index contributed by atoms with van der Waals surface area (Å²) in [5.74, 6) is 0.405. The van der Waals surface area contributed by atoms with Crippen LogP contribution in [0.3, 0.4) is 0 Å². The number of aromatic nitrogens is 3. The number of ether oxygens (including phenoxy) is 2. The maximum Gasteiger partial charge on any atom is 0.260 e. The van der Waals surface area contributed by atoms with Crippen LogP contribution in [-0.2, 0) is 11.3 Å². The molecule has 3 rings (SSSR count). The van der Waals surface area contributed by atoms with Gasteiger partial charge < -0.3 is 20.5 Å². The number of fused-ring (bicyclic) bond motifs is 1. The van der Waals surface area contributed by atoms with Gasteiger partial charge in [0, 0.05) is 24.3 Å². The molecule has 0 aliphatic heterocycles. The van der Waals surface area contributed by atoms with Gasteiger partial charge in [0.2, 0.25) is 5.95 Å². The molecule has 0 radical (unpaired) electrons. The fourth-order valence-electron chi connectivity index (χ4n) is 2.89. The number of nitrogens with two attached hydrogens (primary N) is 1. The Morgan fingerprint density at radius 1 is 1.28 bits per heavy atom. The quantitative estimate of drug-likeness (QED) is 0.568. The zero-order chi connectivity index (χ0) is 21.0. The summed E-state index contributed by atoms with van der Waals surface area (Å²) in [6.45, 7) is 1.96. The number of aldehydes is 1. The third kappa shape index (κ3) is 3.86. The number of anilines is 2. The third-order valence-corrected chi connectivity index (χ3v) is 4.21. The van der Waals surface area contributed by atoms with Crippen molar-refractivity contribution in [2.75, 3.05) is 24.8 Å². The largest absolute Gasteiger partial charge is 0.492 e. The van der Waals surface area contributed by atoms with Crippen molar-refractivity contribution in [2.24, 2.45) is 0 Å². The molecule has 2 heterocycles. The number of carbonyl (C=O) groups excluding carboxylic acids is 2. The molecule has 0 saturated carbocycles. The number of rotatable bonds is 7. The normalized spacial score (nSPS) is 10.6. The van der Waals surface area contributed by atoms with Crippen LogP contribution in [0.5, 0.6) is 11.5 Å². The van der Waals surface area contributed by atoms with Crippen molar-refractivity contribution in [3.05, 3.63) is 46.5 Å². The Morgan fingerprint density at radius 3 is 2.62 bits per heavy atom. The molecule has 0 fully saturated rings. The lowest BCUT2D eigenvalue weighted by Crippen LogP contribution is -2.25. The Morgan fingerprint density at radius 2 is 2.00 bits per heavy atom. The summed E-state index contributed by atoms with van der Waals surface area (Å²) in [4.78, 5) is 43.7. The van der Waals surface area contributed by atoms with Crippen LogP contribution in [0.4, 0.5) is 11.8 Å². The number of nitrogens with zero attached hydrogens (tertiary/aromatic N) is 3. The summed E-state index contributed by atoms with van der Waals surface area (Å²) < 4.78 is 12.2. The average Bonchev–Trinajstić information content (AvgIpc) is 2.72. The van der Waals surface area contributed by atoms with Gasteiger partial charge in [0.15, 0.2) is 17.8 Å². The molecule has 29 heavy (non-hydrogen) atoms. The van der Waals surface area contributed by atoms with Gasteiger partial charge in [-0.15, -0.1) is 0 Å². The van der Waals surface area contributed by atoms with Crippen LogP contribution in [0.25, 0.3) is 10.8 Å². The molecular formula is C19H19N5O5. The number of methoxy groups -OCH3 is 1. The van der Waals surface area contributed by atoms with Gasteiger partial charge >= 0.3 is 0 Å². The highest BCUT2D eigenvalue weighted by atomic mass is 16.5. The third-order valence-electron chi connectivity index (χ3n) is 4.21. The minimum atomic E-state index is -0.502. The lowest BCUT2D eigenvalue weighted by molar-refractivity contribution is -0.109. The number of benzene rings is 1. The van der Waals surface area contributed by atoms with Crippen LogP contribution in [0.1, 0.15) is 17.3 Å². The van der Waals surface area contributed by atoms with E-state index in [-0.39, 0.29) is 35.2 Å². The fourth-order valence-corrected chi connectivity index (χ4v) is 2.89. The smallest absolute Gasteiger partial charge is 0.260 e. The second-order valence-electron chi connectivity index (χ2n) is 5.90. The monoisotopic (exact) mass is 397 g/mol. The molecule has 0 unspecified atom stereocenters. The van der Waals surface area contributed by atoms with Crippen molar-refractivity contribution in [3.8, 4) is 11.5 Å². The Bertz CT molecular complexity index is 1120. The zero-order valence-corrected chi connectivity index (χ0v) is 15.8. The highest BCUT2D eigenvalue weighted by Gasteiger charge is 2.17. The van der Waals surface area contributed by atoms with Gasteiger partial charge in [0.25, 0.3) is 11.5 Å². The summed E-state index contributed by atoms with van der Waals surface area (Å²) in [6.07, 6.45) is 3.19. The summed E-state index contributed by atoms with van der Waals surface area (Å²) in [6, 6.07) is 4.77. The van der Waals surface area contributed by atoms with E-state index in [2.05, 4.69) is 15.3 Å². The molecule has 1 amide bonds. The molecule has 0 aliphatic carbocycles. The number of nitrogens with one attached hydrogen (secondary N) is 1. The first kappa shape index (κ1) is 19.8.